The molecule has 4 saturated heterocycles. The molecule has 0 aromatic carbocycles. The van der Waals surface area contributed by atoms with Crippen LogP contribution >= 0.6 is 0 Å². The molecule has 20 nitrogen and oxygen atoms in total. The minimum absolute atomic E-state index is 0.00421. The fourth-order valence-electron chi connectivity index (χ4n) is 14.6. The third kappa shape index (κ3) is 9.48. The van der Waals surface area contributed by atoms with Crippen molar-refractivity contribution in [1.29, 1.82) is 0 Å². The van der Waals surface area contributed by atoms with Gasteiger partial charge < -0.3 is 88.2 Å². The van der Waals surface area contributed by atoms with Crippen molar-refractivity contribution >= 4 is 11.9 Å². The first kappa shape index (κ1) is 51.9. The highest BCUT2D eigenvalue weighted by Gasteiger charge is 2.71. The Morgan fingerprint density at radius 1 is 0.710 bits per heavy atom. The SMILES string of the molecule is CC(=O)O[C@H]1C[C@@H](O[C@@H]2[C@H](O)C[C@H](O[C@H]3[C@@H](O)C[C@H](O[C@H]4CC[C@]5(C)[C@@H](CC[C@H]6[C@H]5C[C@H](O)[C@@]5(C)[C@H](C7=CC(=O)OC7)CC[C@]65O)C4)O[C@@H]3C)O[C@H]2C)O[C@@H](C)[C@@H]1O[C@@H]1O[C@H](CO)[C@@H](O)[C@H](O)[C@@H]1O. The fourth-order valence-corrected chi connectivity index (χ4v) is 14.6. The number of carbonyl (C=O) groups excluding carboxylic acids is 2. The molecule has 5 heterocycles. The van der Waals surface area contributed by atoms with Crippen molar-refractivity contribution in [2.75, 3.05) is 13.2 Å². The average molecular weight is 985 g/mol. The van der Waals surface area contributed by atoms with Gasteiger partial charge in [-0.15, -0.1) is 0 Å². The number of fused-ring (bicyclic) bond motifs is 5. The lowest BCUT2D eigenvalue weighted by atomic mass is 9.42. The van der Waals surface area contributed by atoms with Gasteiger partial charge in [0.15, 0.2) is 25.2 Å². The number of esters is 2. The summed E-state index contributed by atoms with van der Waals surface area (Å²) in [6.07, 6.45) is -11.1. The monoisotopic (exact) mass is 984 g/mol. The van der Waals surface area contributed by atoms with Gasteiger partial charge in [-0.05, 0) is 107 Å². The second-order valence-corrected chi connectivity index (χ2v) is 22.2. The topological polar surface area (TPSA) is 288 Å². The van der Waals surface area contributed by atoms with E-state index in [4.69, 9.17) is 47.4 Å². The number of cyclic esters (lactones) is 1. The van der Waals surface area contributed by atoms with Crippen molar-refractivity contribution in [2.24, 2.45) is 34.5 Å². The average Bonchev–Trinajstić information content (AvgIpc) is 3.84. The van der Waals surface area contributed by atoms with Crippen LogP contribution in [-0.4, -0.2) is 188 Å². The summed E-state index contributed by atoms with van der Waals surface area (Å²) in [5, 5.41) is 88.1. The Bertz CT molecular complexity index is 1850. The number of hydrogen-bond donors (Lipinski definition) is 8. The summed E-state index contributed by atoms with van der Waals surface area (Å²) >= 11 is 0. The van der Waals surface area contributed by atoms with Gasteiger partial charge in [0.05, 0.1) is 54.9 Å². The van der Waals surface area contributed by atoms with Crippen LogP contribution in [0.4, 0.5) is 0 Å². The molecule has 0 bridgehead atoms. The first-order valence-electron chi connectivity index (χ1n) is 25.3. The lowest BCUT2D eigenvalue weighted by molar-refractivity contribution is -0.355. The standard InChI is InChI=1S/C49H76O20/c1-21-43(67-38-17-32(53)44(22(2)62-38)68-39-18-33(64-24(4)51)45(23(3)63-39)69-46-42(58)41(57)40(56)34(19-50)66-46)31(52)16-37(61-21)65-27-9-11-47(5)26(14-27)7-8-29-30(47)15-35(54)48(6)28(10-12-49(29,48)59)25-13-36(55)60-20-25/h13,21-23,26-35,37-46,50,52-54,56-59H,7-12,14-20H2,1-6H3/t21-,22+,23+,26+,27+,28+,29+,30-,31+,32-,33+,34-,35+,37+,38+,39-,40-,41+,42+,43-,44+,45+,46+,47-,48-,49+/m1/s1. The summed E-state index contributed by atoms with van der Waals surface area (Å²) in [6.45, 7) is 10.3. The van der Waals surface area contributed by atoms with Gasteiger partial charge >= 0.3 is 11.9 Å². The van der Waals surface area contributed by atoms with E-state index >= 15 is 0 Å². The van der Waals surface area contributed by atoms with E-state index < -0.39 is 134 Å². The molecule has 0 amide bonds. The van der Waals surface area contributed by atoms with E-state index in [1.807, 2.05) is 6.92 Å². The molecule has 392 valence electrons. The first-order valence-corrected chi connectivity index (χ1v) is 25.3. The van der Waals surface area contributed by atoms with Gasteiger partial charge in [-0.25, -0.2) is 4.79 Å². The Morgan fingerprint density at radius 2 is 1.33 bits per heavy atom. The van der Waals surface area contributed by atoms with Crippen LogP contribution < -0.4 is 0 Å². The van der Waals surface area contributed by atoms with Gasteiger partial charge in [0, 0.05) is 37.7 Å². The molecule has 0 aromatic rings. The second kappa shape index (κ2) is 20.0. The van der Waals surface area contributed by atoms with Crippen LogP contribution in [0.3, 0.4) is 0 Å². The van der Waals surface area contributed by atoms with Gasteiger partial charge in [0.2, 0.25) is 0 Å². The quantitative estimate of drug-likeness (QED) is 0.104. The van der Waals surface area contributed by atoms with Crippen molar-refractivity contribution in [1.82, 2.24) is 0 Å². The largest absolute Gasteiger partial charge is 0.459 e. The molecule has 20 heteroatoms. The molecule has 69 heavy (non-hydrogen) atoms. The van der Waals surface area contributed by atoms with E-state index in [0.29, 0.717) is 25.2 Å². The zero-order valence-corrected chi connectivity index (χ0v) is 40.5. The number of carbonyl (C=O) groups is 2. The first-order chi connectivity index (χ1) is 32.6. The van der Waals surface area contributed by atoms with Gasteiger partial charge in [0.1, 0.15) is 55.4 Å². The molecule has 8 fully saturated rings. The maximum atomic E-state index is 12.6. The molecular weight excluding hydrogens is 909 g/mol. The second-order valence-electron chi connectivity index (χ2n) is 22.2. The molecular formula is C49H76O20. The highest BCUT2D eigenvalue weighted by Crippen LogP contribution is 2.70. The molecule has 8 N–H and O–H groups in total. The molecule has 5 aliphatic heterocycles. The molecule has 0 aromatic heterocycles. The normalized spacial score (nSPS) is 53.3. The van der Waals surface area contributed by atoms with Crippen molar-refractivity contribution in [3.8, 4) is 0 Å². The van der Waals surface area contributed by atoms with E-state index in [0.717, 1.165) is 37.7 Å². The third-order valence-electron chi connectivity index (χ3n) is 18.4. The zero-order valence-electron chi connectivity index (χ0n) is 40.5. The van der Waals surface area contributed by atoms with Gasteiger partial charge in [-0.2, -0.15) is 0 Å². The van der Waals surface area contributed by atoms with Crippen molar-refractivity contribution in [2.45, 2.75) is 234 Å². The van der Waals surface area contributed by atoms with E-state index in [1.54, 1.807) is 26.8 Å². The molecule has 26 atom stereocenters. The summed E-state index contributed by atoms with van der Waals surface area (Å²) in [5.41, 5.74) is -1.01. The zero-order chi connectivity index (χ0) is 49.5. The molecule has 4 saturated carbocycles. The molecule has 0 radical (unpaired) electrons. The predicted molar refractivity (Wildman–Crippen MR) is 235 cm³/mol. The fraction of sp³-hybridized carbons (Fsp3) is 0.918. The Morgan fingerprint density at radius 3 is 1.93 bits per heavy atom. The molecule has 0 unspecified atom stereocenters. The van der Waals surface area contributed by atoms with E-state index in [2.05, 4.69) is 6.92 Å². The van der Waals surface area contributed by atoms with Crippen LogP contribution in [0.2, 0.25) is 0 Å². The lowest BCUT2D eigenvalue weighted by Crippen LogP contribution is -2.67. The van der Waals surface area contributed by atoms with Crippen LogP contribution in [-0.2, 0) is 57.0 Å². The highest BCUT2D eigenvalue weighted by atomic mass is 16.8. The molecule has 9 aliphatic rings. The van der Waals surface area contributed by atoms with E-state index in [1.165, 1.54) is 6.92 Å². The Labute approximate surface area is 402 Å². The highest BCUT2D eigenvalue weighted by molar-refractivity contribution is 5.85. The maximum absolute atomic E-state index is 12.6. The smallest absolute Gasteiger partial charge is 0.331 e. The van der Waals surface area contributed by atoms with Crippen LogP contribution in [0, 0.1) is 34.5 Å². The van der Waals surface area contributed by atoms with E-state index in [-0.39, 0.29) is 61.1 Å². The van der Waals surface area contributed by atoms with Crippen LogP contribution in [0.5, 0.6) is 0 Å². The summed E-state index contributed by atoms with van der Waals surface area (Å²) in [7, 11) is 0. The van der Waals surface area contributed by atoms with Crippen LogP contribution in [0.15, 0.2) is 11.6 Å². The van der Waals surface area contributed by atoms with Crippen molar-refractivity contribution in [3.63, 3.8) is 0 Å². The lowest BCUT2D eigenvalue weighted by Gasteiger charge is -2.65. The summed E-state index contributed by atoms with van der Waals surface area (Å²) < 4.78 is 60.1. The Hall–Kier alpha value is -1.96. The van der Waals surface area contributed by atoms with E-state index in [9.17, 15) is 50.4 Å². The number of hydrogen-bond acceptors (Lipinski definition) is 20. The van der Waals surface area contributed by atoms with Crippen LogP contribution in [0.25, 0.3) is 0 Å². The summed E-state index contributed by atoms with van der Waals surface area (Å²) in [4.78, 5) is 24.2. The Balaban J connectivity index is 0.752. The minimum atomic E-state index is -1.69. The molecule has 9 rings (SSSR count). The number of aliphatic hydroxyl groups excluding tert-OH is 7. The Kier molecular flexibility index (Phi) is 15.1. The minimum Gasteiger partial charge on any atom is -0.459 e. The number of rotatable bonds is 11. The molecule has 4 aliphatic carbocycles. The van der Waals surface area contributed by atoms with Gasteiger partial charge in [0.25, 0.3) is 0 Å². The van der Waals surface area contributed by atoms with Crippen molar-refractivity contribution < 1.29 is 97.8 Å². The summed E-state index contributed by atoms with van der Waals surface area (Å²) in [6, 6.07) is 0. The number of aliphatic hydroxyl groups is 8. The predicted octanol–water partition coefficient (Wildman–Crippen LogP) is 0.613. The summed E-state index contributed by atoms with van der Waals surface area (Å²) in [5.74, 6) is -0.580. The molecule has 0 spiro atoms. The van der Waals surface area contributed by atoms with Gasteiger partial charge in [-0.3, -0.25) is 4.79 Å². The van der Waals surface area contributed by atoms with Crippen LogP contribution in [0.1, 0.15) is 112 Å². The van der Waals surface area contributed by atoms with Crippen molar-refractivity contribution in [3.05, 3.63) is 11.6 Å². The third-order valence-corrected chi connectivity index (χ3v) is 18.4. The van der Waals surface area contributed by atoms with Gasteiger partial charge in [-0.1, -0.05) is 13.8 Å². The maximum Gasteiger partial charge on any atom is 0.331 e. The number of ether oxygens (including phenoxy) is 10.